The van der Waals surface area contributed by atoms with Crippen LogP contribution in [0.2, 0.25) is 0 Å². The first kappa shape index (κ1) is 16.7. The number of rotatable bonds is 4. The topological polar surface area (TPSA) is 90.3 Å². The molecule has 2 aromatic carbocycles. The summed E-state index contributed by atoms with van der Waals surface area (Å²) in [7, 11) is 0. The number of nitro benzene ring substituents is 1. The molecule has 6 nitrogen and oxygen atoms in total. The third-order valence-corrected chi connectivity index (χ3v) is 3.42. The second-order valence-electron chi connectivity index (χ2n) is 5.23. The average molecular weight is 330 g/mol. The fraction of sp³-hybridized carbons (Fsp3) is 0.188. The molecule has 0 unspecified atom stereocenters. The minimum absolute atomic E-state index is 0.116. The summed E-state index contributed by atoms with van der Waals surface area (Å²) in [6.07, 6.45) is 0. The lowest BCUT2D eigenvalue weighted by molar-refractivity contribution is -0.385. The first-order valence-electron chi connectivity index (χ1n) is 6.92. The Bertz CT molecular complexity index is 742. The Balaban J connectivity index is 2.01. The molecule has 0 radical (unpaired) electrons. The van der Waals surface area contributed by atoms with Gasteiger partial charge in [0, 0.05) is 24.4 Å². The lowest BCUT2D eigenvalue weighted by atomic mass is 10.1. The largest absolute Gasteiger partial charge is 0.872 e. The van der Waals surface area contributed by atoms with Crippen molar-refractivity contribution in [2.24, 2.45) is 0 Å². The van der Waals surface area contributed by atoms with E-state index < -0.39 is 4.92 Å². The maximum atomic E-state index is 11.7. The maximum Gasteiger partial charge on any atom is 0.269 e. The molecule has 23 heavy (non-hydrogen) atoms. The van der Waals surface area contributed by atoms with Gasteiger partial charge < -0.3 is 15.7 Å². The Hall–Kier alpha value is -2.67. The summed E-state index contributed by atoms with van der Waals surface area (Å²) in [6.45, 7) is 4.10. The van der Waals surface area contributed by atoms with Crippen molar-refractivity contribution in [3.8, 4) is 5.75 Å². The monoisotopic (exact) mass is 330 g/mol. The molecule has 0 aliphatic rings. The number of aryl methyl sites for hydroxylation is 2. The number of non-ortho nitro benzene ring substituents is 1. The summed E-state index contributed by atoms with van der Waals surface area (Å²) >= 11 is 5.19. The molecule has 0 aromatic heterocycles. The van der Waals surface area contributed by atoms with Crippen LogP contribution in [0.15, 0.2) is 36.4 Å². The minimum atomic E-state index is -0.533. The van der Waals surface area contributed by atoms with Crippen molar-refractivity contribution in [3.63, 3.8) is 0 Å². The molecule has 0 heterocycles. The lowest BCUT2D eigenvalue weighted by Crippen LogP contribution is -2.28. The van der Waals surface area contributed by atoms with Crippen LogP contribution in [-0.4, -0.2) is 10.0 Å². The van der Waals surface area contributed by atoms with Gasteiger partial charge in [0.05, 0.1) is 4.92 Å². The van der Waals surface area contributed by atoms with E-state index in [2.05, 4.69) is 16.7 Å². The van der Waals surface area contributed by atoms with E-state index in [1.165, 1.54) is 18.2 Å². The molecule has 0 bridgehead atoms. The number of hydrogen-bond donors (Lipinski definition) is 2. The Morgan fingerprint density at radius 1 is 1.17 bits per heavy atom. The third kappa shape index (κ3) is 4.65. The van der Waals surface area contributed by atoms with Crippen molar-refractivity contribution in [1.29, 1.82) is 0 Å². The Morgan fingerprint density at radius 3 is 2.43 bits per heavy atom. The van der Waals surface area contributed by atoms with Crippen LogP contribution < -0.4 is 15.7 Å². The molecule has 0 aliphatic carbocycles. The van der Waals surface area contributed by atoms with E-state index in [1.807, 2.05) is 26.0 Å². The fourth-order valence-electron chi connectivity index (χ4n) is 2.22. The lowest BCUT2D eigenvalue weighted by Gasteiger charge is -2.16. The molecule has 2 rings (SSSR count). The first-order valence-corrected chi connectivity index (χ1v) is 7.33. The highest BCUT2D eigenvalue weighted by molar-refractivity contribution is 7.80. The number of nitrogens with one attached hydrogen (secondary N) is 2. The van der Waals surface area contributed by atoms with Gasteiger partial charge in [-0.1, -0.05) is 12.1 Å². The van der Waals surface area contributed by atoms with Crippen molar-refractivity contribution in [2.45, 2.75) is 20.4 Å². The van der Waals surface area contributed by atoms with Crippen LogP contribution in [0.3, 0.4) is 0 Å². The summed E-state index contributed by atoms with van der Waals surface area (Å²) in [5.74, 6) is -0.266. The normalized spacial score (nSPS) is 10.2. The smallest absolute Gasteiger partial charge is 0.269 e. The highest BCUT2D eigenvalue weighted by Crippen LogP contribution is 2.20. The highest BCUT2D eigenvalue weighted by atomic mass is 32.1. The van der Waals surface area contributed by atoms with Gasteiger partial charge in [-0.25, -0.2) is 0 Å². The zero-order valence-corrected chi connectivity index (χ0v) is 13.6. The molecule has 0 aliphatic heterocycles. The Morgan fingerprint density at radius 2 is 1.83 bits per heavy atom. The van der Waals surface area contributed by atoms with Crippen molar-refractivity contribution < 1.29 is 10.0 Å². The molecule has 0 amide bonds. The summed E-state index contributed by atoms with van der Waals surface area (Å²) in [5.41, 5.74) is 3.24. The van der Waals surface area contributed by atoms with Crippen LogP contribution in [0.5, 0.6) is 5.75 Å². The van der Waals surface area contributed by atoms with E-state index in [-0.39, 0.29) is 18.0 Å². The molecule has 120 valence electrons. The molecule has 0 atom stereocenters. The molecule has 2 aromatic rings. The predicted molar refractivity (Wildman–Crippen MR) is 91.5 cm³/mol. The molecule has 0 fully saturated rings. The van der Waals surface area contributed by atoms with Gasteiger partial charge in [0.25, 0.3) is 5.69 Å². The number of nitro groups is 1. The van der Waals surface area contributed by atoms with E-state index in [4.69, 9.17) is 12.2 Å². The van der Waals surface area contributed by atoms with Gasteiger partial charge in [-0.2, -0.15) is 0 Å². The molecular weight excluding hydrogens is 314 g/mol. The summed E-state index contributed by atoms with van der Waals surface area (Å²) in [5, 5.41) is 28.8. The van der Waals surface area contributed by atoms with Crippen LogP contribution in [0, 0.1) is 24.0 Å². The molecule has 7 heteroatoms. The molecule has 0 saturated heterocycles. The second kappa shape index (κ2) is 7.06. The van der Waals surface area contributed by atoms with Crippen molar-refractivity contribution in [1.82, 2.24) is 5.32 Å². The van der Waals surface area contributed by atoms with E-state index in [0.717, 1.165) is 16.8 Å². The number of benzene rings is 2. The summed E-state index contributed by atoms with van der Waals surface area (Å²) < 4.78 is 0. The number of thiocarbonyl (C=S) groups is 1. The number of anilines is 1. The van der Waals surface area contributed by atoms with Crippen molar-refractivity contribution in [3.05, 3.63) is 63.2 Å². The number of nitrogens with zero attached hydrogens (tertiary/aromatic N) is 1. The van der Waals surface area contributed by atoms with Crippen molar-refractivity contribution in [2.75, 3.05) is 5.32 Å². The van der Waals surface area contributed by atoms with Gasteiger partial charge >= 0.3 is 0 Å². The molecule has 0 spiro atoms. The minimum Gasteiger partial charge on any atom is -0.872 e. The van der Waals surface area contributed by atoms with E-state index >= 15 is 0 Å². The fourth-order valence-corrected chi connectivity index (χ4v) is 2.41. The van der Waals surface area contributed by atoms with Gasteiger partial charge in [-0.3, -0.25) is 10.1 Å². The first-order chi connectivity index (χ1) is 10.8. The maximum absolute atomic E-state index is 11.7. The zero-order chi connectivity index (χ0) is 17.0. The highest BCUT2D eigenvalue weighted by Gasteiger charge is 2.07. The van der Waals surface area contributed by atoms with E-state index in [0.29, 0.717) is 10.7 Å². The number of hydrogen-bond acceptors (Lipinski definition) is 4. The van der Waals surface area contributed by atoms with Gasteiger partial charge in [-0.15, -0.1) is 5.75 Å². The molecular formula is C16H16N3O3S-. The third-order valence-electron chi connectivity index (χ3n) is 3.17. The summed E-state index contributed by atoms with van der Waals surface area (Å²) in [6, 6.07) is 9.59. The second-order valence-corrected chi connectivity index (χ2v) is 5.64. The standard InChI is InChI=1S/C16H17N3O3S/c1-10-5-11(2)7-13(6-10)18-16(23)17-9-12-8-14(19(21)22)3-4-15(12)20/h3-8,20H,9H2,1-2H3,(H2,17,18,23)/p-1. The van der Waals surface area contributed by atoms with Crippen molar-refractivity contribution >= 4 is 28.7 Å². The predicted octanol–water partition coefficient (Wildman–Crippen LogP) is 2.77. The van der Waals surface area contributed by atoms with Crippen LogP contribution in [0.4, 0.5) is 11.4 Å². The van der Waals surface area contributed by atoms with Crippen LogP contribution >= 0.6 is 12.2 Å². The van der Waals surface area contributed by atoms with Gasteiger partial charge in [0.1, 0.15) is 0 Å². The Labute approximate surface area is 139 Å². The van der Waals surface area contributed by atoms with Crippen LogP contribution in [0.1, 0.15) is 16.7 Å². The Kier molecular flexibility index (Phi) is 5.13. The van der Waals surface area contributed by atoms with Gasteiger partial charge in [-0.05, 0) is 54.9 Å². The van der Waals surface area contributed by atoms with Gasteiger partial charge in [0.2, 0.25) is 0 Å². The quantitative estimate of drug-likeness (QED) is 0.509. The van der Waals surface area contributed by atoms with Gasteiger partial charge in [0.15, 0.2) is 5.11 Å². The van der Waals surface area contributed by atoms with Crippen LogP contribution in [-0.2, 0) is 6.54 Å². The SMILES string of the molecule is Cc1cc(C)cc(NC(=S)NCc2cc([N+](=O)[O-])ccc2[O-])c1. The van der Waals surface area contributed by atoms with E-state index in [9.17, 15) is 15.2 Å². The molecule has 2 N–H and O–H groups in total. The van der Waals surface area contributed by atoms with Crippen LogP contribution in [0.25, 0.3) is 0 Å². The summed E-state index contributed by atoms with van der Waals surface area (Å²) in [4.78, 5) is 10.2. The zero-order valence-electron chi connectivity index (χ0n) is 12.8. The molecule has 0 saturated carbocycles. The van der Waals surface area contributed by atoms with E-state index in [1.54, 1.807) is 0 Å². The average Bonchev–Trinajstić information content (AvgIpc) is 2.45.